The molecule has 9 aromatic carbocycles. The maximum atomic E-state index is 10.6. The molecule has 0 unspecified atom stereocenters. The highest BCUT2D eigenvalue weighted by Gasteiger charge is 2.24. The molecular weight excluding hydrogens is 897 g/mol. The molecule has 10 heteroatoms. The van der Waals surface area contributed by atoms with Crippen molar-refractivity contribution >= 4 is 60.7 Å². The molecule has 0 atom stereocenters. The summed E-state index contributed by atoms with van der Waals surface area (Å²) in [4.78, 5) is 11.0. The molecule has 11 rings (SSSR count). The third-order valence-corrected chi connectivity index (χ3v) is 13.4. The lowest BCUT2D eigenvalue weighted by atomic mass is 9.92. The van der Waals surface area contributed by atoms with Crippen LogP contribution < -0.4 is 0 Å². The zero-order valence-electron chi connectivity index (χ0n) is 38.6. The largest absolute Gasteiger partial charge is 0.309 e. The molecule has 2 heterocycles. The van der Waals surface area contributed by atoms with E-state index in [9.17, 15) is 26.3 Å². The first-order valence-electron chi connectivity index (χ1n) is 22.7. The Kier molecular flexibility index (Phi) is 10.6. The van der Waals surface area contributed by atoms with E-state index in [0.29, 0.717) is 33.4 Å². The second-order valence-corrected chi connectivity index (χ2v) is 17.4. The molecule has 0 radical (unpaired) electrons. The fourth-order valence-corrected chi connectivity index (χ4v) is 10.3. The maximum absolute atomic E-state index is 10.6. The van der Waals surface area contributed by atoms with Crippen LogP contribution in [0.4, 0.5) is 17.1 Å². The van der Waals surface area contributed by atoms with Gasteiger partial charge in [0.1, 0.15) is 0 Å². The van der Waals surface area contributed by atoms with E-state index < -0.39 is 0 Å². The molecule has 0 saturated heterocycles. The number of fused-ring (bicyclic) bond motifs is 6. The Morgan fingerprint density at radius 3 is 1.42 bits per heavy atom. The van der Waals surface area contributed by atoms with E-state index in [-0.39, 0.29) is 33.8 Å². The first-order chi connectivity index (χ1) is 35.7. The third kappa shape index (κ3) is 7.04. The van der Waals surface area contributed by atoms with Crippen LogP contribution in [-0.2, 0) is 0 Å². The van der Waals surface area contributed by atoms with Gasteiger partial charge in [-0.3, -0.25) is 0 Å². The van der Waals surface area contributed by atoms with Crippen LogP contribution >= 0.6 is 0 Å². The Morgan fingerprint density at radius 1 is 0.384 bits per heavy atom. The van der Waals surface area contributed by atoms with Crippen LogP contribution in [0, 0.1) is 83.3 Å². The highest BCUT2D eigenvalue weighted by atomic mass is 15.0. The molecule has 11 aromatic rings. The summed E-state index contributed by atoms with van der Waals surface area (Å²) < 4.78 is 4.37. The van der Waals surface area contributed by atoms with Crippen molar-refractivity contribution in [3.8, 4) is 86.2 Å². The highest BCUT2D eigenvalue weighted by Crippen LogP contribution is 2.46. The smallest absolute Gasteiger partial charge is 0.197 e. The van der Waals surface area contributed by atoms with Crippen molar-refractivity contribution in [1.29, 1.82) is 26.3 Å². The van der Waals surface area contributed by atoms with Crippen LogP contribution in [0.3, 0.4) is 0 Å². The number of aromatic nitrogens is 2. The van der Waals surface area contributed by atoms with Gasteiger partial charge in [0, 0.05) is 54.9 Å². The summed E-state index contributed by atoms with van der Waals surface area (Å²) in [6.45, 7) is 25.6. The van der Waals surface area contributed by atoms with E-state index in [1.807, 2.05) is 110 Å². The average molecular weight is 927 g/mol. The fourth-order valence-electron chi connectivity index (χ4n) is 10.3. The SMILES string of the molecule is [C-]#[N+]c1cc(C#N)c(-c2ccc3c(c2)c2ccccc2n3-c2ccc(-c3ccc(C#N)cc3C)cc2-c2cc(C#N)ccc2-n2c3ccccc3c3cc(-c4c(C#N)cc(C#N)cc4[N+]#[C-])ccc32)c([N+]#[C-])c1. The maximum Gasteiger partial charge on any atom is 0.197 e. The molecule has 0 spiro atoms. The quantitative estimate of drug-likeness (QED) is 0.153. The van der Waals surface area contributed by atoms with E-state index in [0.717, 1.165) is 82.8 Å². The van der Waals surface area contributed by atoms with Crippen LogP contribution in [0.15, 0.2) is 164 Å². The zero-order chi connectivity index (χ0) is 50.5. The topological polar surface area (TPSA) is 142 Å². The Labute approximate surface area is 418 Å². The first kappa shape index (κ1) is 44.0. The second kappa shape index (κ2) is 17.5. The van der Waals surface area contributed by atoms with Gasteiger partial charge in [0.2, 0.25) is 0 Å². The monoisotopic (exact) mass is 926 g/mol. The van der Waals surface area contributed by atoms with E-state index in [1.165, 1.54) is 24.3 Å². The molecule has 0 amide bonds. The highest BCUT2D eigenvalue weighted by molar-refractivity contribution is 6.13. The molecule has 0 bridgehead atoms. The number of rotatable bonds is 6. The van der Waals surface area contributed by atoms with E-state index in [2.05, 4.69) is 78.3 Å². The van der Waals surface area contributed by atoms with Crippen molar-refractivity contribution < 1.29 is 0 Å². The second-order valence-electron chi connectivity index (χ2n) is 17.4. The van der Waals surface area contributed by atoms with Crippen molar-refractivity contribution in [3.05, 3.63) is 231 Å². The minimum Gasteiger partial charge on any atom is -0.309 e. The minimum atomic E-state index is 0.203. The lowest BCUT2D eigenvalue weighted by Crippen LogP contribution is -2.03. The standard InChI is InChI=1S/C63H30N10/c1-37-23-38(32-64)13-18-47(37)41-15-20-61(73-57-12-8-6-10-49(57)52-30-43(17-22-60(52)73)63-45(36-68)27-46(69-2)31-55(63)71-4)53(28-41)50-25-39(33-65)14-19-58(50)72-56-11-7-5-9-48(56)51-29-42(16-21-59(51)72)62-44(35-67)24-40(34-66)26-54(62)70-3/h5-31H,1H3. The molecule has 0 aliphatic rings. The predicted octanol–water partition coefficient (Wildman–Crippen LogP) is 15.9. The van der Waals surface area contributed by atoms with Crippen molar-refractivity contribution in [3.63, 3.8) is 0 Å². The normalized spacial score (nSPS) is 10.7. The lowest BCUT2D eigenvalue weighted by molar-refractivity contribution is 1.16. The number of nitriles is 5. The average Bonchev–Trinajstić information content (AvgIpc) is 3.96. The van der Waals surface area contributed by atoms with E-state index in [1.54, 1.807) is 12.1 Å². The number of aryl methyl sites for hydroxylation is 1. The van der Waals surface area contributed by atoms with Gasteiger partial charge in [-0.25, -0.2) is 14.5 Å². The van der Waals surface area contributed by atoms with Crippen LogP contribution in [0.2, 0.25) is 0 Å². The summed E-state index contributed by atoms with van der Waals surface area (Å²) in [5, 5.41) is 54.2. The van der Waals surface area contributed by atoms with Crippen LogP contribution in [0.1, 0.15) is 33.4 Å². The van der Waals surface area contributed by atoms with Crippen LogP contribution in [0.5, 0.6) is 0 Å². The number of para-hydroxylation sites is 2. The number of hydrogen-bond acceptors (Lipinski definition) is 5. The molecule has 73 heavy (non-hydrogen) atoms. The molecule has 0 N–H and O–H groups in total. The van der Waals surface area contributed by atoms with Crippen molar-refractivity contribution in [2.24, 2.45) is 0 Å². The van der Waals surface area contributed by atoms with Crippen molar-refractivity contribution in [1.82, 2.24) is 9.13 Å². The van der Waals surface area contributed by atoms with E-state index >= 15 is 0 Å². The van der Waals surface area contributed by atoms with Gasteiger partial charge < -0.3 is 9.13 Å². The Morgan fingerprint density at radius 2 is 0.877 bits per heavy atom. The van der Waals surface area contributed by atoms with Gasteiger partial charge in [-0.15, -0.1) is 0 Å². The van der Waals surface area contributed by atoms with Gasteiger partial charge in [-0.05, 0) is 132 Å². The summed E-state index contributed by atoms with van der Waals surface area (Å²) in [6.07, 6.45) is 0. The van der Waals surface area contributed by atoms with Crippen LogP contribution in [-0.4, -0.2) is 9.13 Å². The molecule has 332 valence electrons. The molecule has 10 nitrogen and oxygen atoms in total. The van der Waals surface area contributed by atoms with Crippen molar-refractivity contribution in [2.75, 3.05) is 0 Å². The van der Waals surface area contributed by atoms with Gasteiger partial charge in [-0.1, -0.05) is 66.7 Å². The first-order valence-corrected chi connectivity index (χ1v) is 22.7. The zero-order valence-corrected chi connectivity index (χ0v) is 38.6. The van der Waals surface area contributed by atoms with Gasteiger partial charge in [0.05, 0.1) is 100 Å². The summed E-state index contributed by atoms with van der Waals surface area (Å²) in [5.41, 5.74) is 13.8. The van der Waals surface area contributed by atoms with E-state index in [4.69, 9.17) is 19.7 Å². The van der Waals surface area contributed by atoms with Gasteiger partial charge in [-0.2, -0.15) is 26.3 Å². The summed E-state index contributed by atoms with van der Waals surface area (Å²) >= 11 is 0. The number of benzene rings is 9. The Bertz CT molecular complexity index is 4550. The Hall–Kier alpha value is -11.5. The Balaban J connectivity index is 1.21. The fraction of sp³-hybridized carbons (Fsp3) is 0.0159. The minimum absolute atomic E-state index is 0.203. The summed E-state index contributed by atoms with van der Waals surface area (Å²) in [7, 11) is 0. The van der Waals surface area contributed by atoms with Gasteiger partial charge in [0.25, 0.3) is 0 Å². The number of hydrogen-bond donors (Lipinski definition) is 0. The number of nitrogens with zero attached hydrogens (tertiary/aromatic N) is 10. The molecule has 0 saturated carbocycles. The summed E-state index contributed by atoms with van der Waals surface area (Å²) in [5.74, 6) is 0. The molecule has 2 aromatic heterocycles. The summed E-state index contributed by atoms with van der Waals surface area (Å²) in [6, 6.07) is 62.6. The molecule has 0 aliphatic carbocycles. The molecule has 0 aliphatic heterocycles. The van der Waals surface area contributed by atoms with Gasteiger partial charge >= 0.3 is 0 Å². The third-order valence-electron chi connectivity index (χ3n) is 13.4. The molecule has 0 fully saturated rings. The van der Waals surface area contributed by atoms with Gasteiger partial charge in [0.15, 0.2) is 17.1 Å². The predicted molar refractivity (Wildman–Crippen MR) is 284 cm³/mol. The van der Waals surface area contributed by atoms with Crippen LogP contribution in [0.25, 0.3) is 114 Å². The molecular formula is C63H30N10. The lowest BCUT2D eigenvalue weighted by Gasteiger charge is -2.20. The van der Waals surface area contributed by atoms with Crippen molar-refractivity contribution in [2.45, 2.75) is 6.92 Å².